The number of Topliss-reactive ketones (excluding diaryl/α,β-unsaturated/α-hetero) is 1. The van der Waals surface area contributed by atoms with Gasteiger partial charge in [0.2, 0.25) is 0 Å². The van der Waals surface area contributed by atoms with Gasteiger partial charge in [-0.05, 0) is 67.6 Å². The van der Waals surface area contributed by atoms with Gasteiger partial charge in [0.05, 0.1) is 23.9 Å². The third-order valence-electron chi connectivity index (χ3n) is 5.79. The minimum absolute atomic E-state index is 0.00593. The number of benzene rings is 2. The van der Waals surface area contributed by atoms with E-state index >= 15 is 0 Å². The van der Waals surface area contributed by atoms with Crippen LogP contribution in [0.1, 0.15) is 33.6 Å². The van der Waals surface area contributed by atoms with Gasteiger partial charge in [0, 0.05) is 14.9 Å². The Labute approximate surface area is 207 Å². The number of ether oxygens (including phenoxy) is 1. The molecule has 0 saturated heterocycles. The van der Waals surface area contributed by atoms with Crippen molar-refractivity contribution >= 4 is 55.0 Å². The number of thiophene rings is 1. The molecule has 2 aromatic carbocycles. The Kier molecular flexibility index (Phi) is 6.40. The van der Waals surface area contributed by atoms with Gasteiger partial charge in [0.25, 0.3) is 5.56 Å². The Hall–Kier alpha value is -2.42. The molecule has 0 saturated carbocycles. The number of carbonyl (C=O) groups excluding carboxylic acids is 1. The summed E-state index contributed by atoms with van der Waals surface area (Å²) in [5, 5.41) is 1.26. The predicted molar refractivity (Wildman–Crippen MR) is 138 cm³/mol. The predicted octanol–water partition coefficient (Wildman–Crippen LogP) is 6.07. The molecule has 0 N–H and O–H groups in total. The minimum atomic E-state index is -0.0665. The smallest absolute Gasteiger partial charge is 0.267 e. The van der Waals surface area contributed by atoms with E-state index in [2.05, 4.69) is 15.9 Å². The topological polar surface area (TPSA) is 61.2 Å². The van der Waals surface area contributed by atoms with Crippen molar-refractivity contribution in [2.24, 2.45) is 0 Å². The van der Waals surface area contributed by atoms with Crippen LogP contribution in [0.3, 0.4) is 0 Å². The van der Waals surface area contributed by atoms with E-state index in [1.54, 1.807) is 35.1 Å². The van der Waals surface area contributed by atoms with Gasteiger partial charge in [-0.25, -0.2) is 4.98 Å². The highest BCUT2D eigenvalue weighted by Gasteiger charge is 2.23. The fourth-order valence-electron chi connectivity index (χ4n) is 4.09. The van der Waals surface area contributed by atoms with E-state index in [1.165, 1.54) is 16.6 Å². The van der Waals surface area contributed by atoms with Gasteiger partial charge in [-0.15, -0.1) is 11.3 Å². The van der Waals surface area contributed by atoms with Crippen molar-refractivity contribution in [1.82, 2.24) is 9.55 Å². The third kappa shape index (κ3) is 4.39. The van der Waals surface area contributed by atoms with Crippen LogP contribution < -0.4 is 10.3 Å². The molecule has 0 spiro atoms. The molecule has 0 aliphatic heterocycles. The highest BCUT2D eigenvalue weighted by atomic mass is 79.9. The molecular weight excluding hydrogens is 520 g/mol. The highest BCUT2D eigenvalue weighted by Crippen LogP contribution is 2.35. The molecule has 0 radical (unpaired) electrons. The molecule has 0 atom stereocenters. The maximum atomic E-state index is 13.8. The lowest BCUT2D eigenvalue weighted by atomic mass is 9.97. The number of hydrogen-bond acceptors (Lipinski definition) is 6. The highest BCUT2D eigenvalue weighted by molar-refractivity contribution is 9.10. The molecule has 0 unspecified atom stereocenters. The molecule has 1 aliphatic carbocycles. The second-order valence-electron chi connectivity index (χ2n) is 7.84. The summed E-state index contributed by atoms with van der Waals surface area (Å²) in [6.45, 7) is 0. The maximum absolute atomic E-state index is 13.8. The minimum Gasteiger partial charge on any atom is -0.497 e. The fraction of sp³-hybridized carbons (Fsp3) is 0.240. The van der Waals surface area contributed by atoms with Crippen molar-refractivity contribution < 1.29 is 9.53 Å². The quantitative estimate of drug-likeness (QED) is 0.168. The summed E-state index contributed by atoms with van der Waals surface area (Å²) in [6.07, 6.45) is 4.17. The van der Waals surface area contributed by atoms with E-state index in [1.807, 2.05) is 36.4 Å². The summed E-state index contributed by atoms with van der Waals surface area (Å²) in [6, 6.07) is 14.7. The molecule has 0 bridgehead atoms. The van der Waals surface area contributed by atoms with Crippen LogP contribution >= 0.6 is 39.0 Å². The first-order valence-corrected chi connectivity index (χ1v) is 13.3. The number of nitrogens with zero attached hydrogens (tertiary/aromatic N) is 2. The summed E-state index contributed by atoms with van der Waals surface area (Å²) >= 11 is 6.32. The van der Waals surface area contributed by atoms with Crippen LogP contribution in [0.5, 0.6) is 5.75 Å². The maximum Gasteiger partial charge on any atom is 0.267 e. The number of methoxy groups -OCH3 is 1. The molecule has 0 amide bonds. The molecule has 5 rings (SSSR count). The lowest BCUT2D eigenvalue weighted by molar-refractivity contribution is 0.102. The van der Waals surface area contributed by atoms with E-state index in [0.29, 0.717) is 22.2 Å². The van der Waals surface area contributed by atoms with Gasteiger partial charge in [-0.2, -0.15) is 0 Å². The number of rotatable bonds is 6. The number of aryl methyl sites for hydroxylation is 2. The average Bonchev–Trinajstić information content (AvgIpc) is 3.22. The first kappa shape index (κ1) is 22.4. The molecule has 2 heterocycles. The Balaban J connectivity index is 1.58. The number of thioether (sulfide) groups is 1. The van der Waals surface area contributed by atoms with Gasteiger partial charge in [0.15, 0.2) is 10.9 Å². The lowest BCUT2D eigenvalue weighted by Gasteiger charge is -2.14. The normalized spacial score (nSPS) is 13.2. The fourth-order valence-corrected chi connectivity index (χ4v) is 6.57. The number of halogens is 1. The van der Waals surface area contributed by atoms with Crippen LogP contribution in [0.4, 0.5) is 0 Å². The molecule has 0 fully saturated rings. The molecular formula is C25H21BrN2O3S2. The van der Waals surface area contributed by atoms with Crippen molar-refractivity contribution in [3.05, 3.63) is 79.4 Å². The number of hydrogen-bond donors (Lipinski definition) is 0. The summed E-state index contributed by atoms with van der Waals surface area (Å²) in [5.74, 6) is 0.905. The summed E-state index contributed by atoms with van der Waals surface area (Å²) in [5.41, 5.74) is 2.44. The lowest BCUT2D eigenvalue weighted by Crippen LogP contribution is -2.22. The van der Waals surface area contributed by atoms with Crippen LogP contribution in [0.2, 0.25) is 0 Å². The van der Waals surface area contributed by atoms with E-state index in [9.17, 15) is 9.59 Å². The number of ketones is 1. The monoisotopic (exact) mass is 540 g/mol. The molecule has 5 nitrogen and oxygen atoms in total. The molecule has 33 heavy (non-hydrogen) atoms. The summed E-state index contributed by atoms with van der Waals surface area (Å²) in [7, 11) is 1.61. The van der Waals surface area contributed by atoms with Crippen molar-refractivity contribution in [2.75, 3.05) is 12.9 Å². The van der Waals surface area contributed by atoms with Crippen LogP contribution in [0.15, 0.2) is 63.0 Å². The van der Waals surface area contributed by atoms with E-state index in [4.69, 9.17) is 9.72 Å². The Morgan fingerprint density at radius 1 is 1.12 bits per heavy atom. The Morgan fingerprint density at radius 2 is 1.85 bits per heavy atom. The van der Waals surface area contributed by atoms with Crippen LogP contribution in [0.25, 0.3) is 15.9 Å². The van der Waals surface area contributed by atoms with Crippen LogP contribution in [0, 0.1) is 0 Å². The average molecular weight is 541 g/mol. The van der Waals surface area contributed by atoms with Crippen molar-refractivity contribution in [1.29, 1.82) is 0 Å². The third-order valence-corrected chi connectivity index (χ3v) is 8.44. The van der Waals surface area contributed by atoms with Crippen molar-refractivity contribution in [3.8, 4) is 11.4 Å². The summed E-state index contributed by atoms with van der Waals surface area (Å²) < 4.78 is 7.85. The van der Waals surface area contributed by atoms with Crippen molar-refractivity contribution in [3.63, 3.8) is 0 Å². The summed E-state index contributed by atoms with van der Waals surface area (Å²) in [4.78, 5) is 33.5. The van der Waals surface area contributed by atoms with E-state index in [0.717, 1.165) is 45.9 Å². The van der Waals surface area contributed by atoms with Gasteiger partial charge in [0.1, 0.15) is 10.6 Å². The second-order valence-corrected chi connectivity index (χ2v) is 10.8. The zero-order valence-corrected chi connectivity index (χ0v) is 21.2. The first-order chi connectivity index (χ1) is 16.0. The van der Waals surface area contributed by atoms with Crippen LogP contribution in [-0.4, -0.2) is 28.2 Å². The van der Waals surface area contributed by atoms with E-state index < -0.39 is 0 Å². The van der Waals surface area contributed by atoms with Crippen LogP contribution in [-0.2, 0) is 12.8 Å². The standard InChI is InChI=1S/C25H21BrN2O3S2/c1-31-18-12-10-17(11-13-18)28-24(30)22-19-4-2-3-5-21(19)33-23(22)27-25(28)32-14-20(29)15-6-8-16(26)9-7-15/h6-13H,2-5,14H2,1H3. The molecule has 1 aliphatic rings. The van der Waals surface area contributed by atoms with Gasteiger partial charge >= 0.3 is 0 Å². The Bertz CT molecular complexity index is 1390. The van der Waals surface area contributed by atoms with Gasteiger partial charge in [-0.1, -0.05) is 39.8 Å². The van der Waals surface area contributed by atoms with E-state index in [-0.39, 0.29) is 17.1 Å². The second kappa shape index (κ2) is 9.44. The van der Waals surface area contributed by atoms with Gasteiger partial charge in [-0.3, -0.25) is 14.2 Å². The number of fused-ring (bicyclic) bond motifs is 3. The molecule has 4 aromatic rings. The zero-order chi connectivity index (χ0) is 22.9. The first-order valence-electron chi connectivity index (χ1n) is 10.7. The van der Waals surface area contributed by atoms with Crippen molar-refractivity contribution in [2.45, 2.75) is 30.8 Å². The zero-order valence-electron chi connectivity index (χ0n) is 18.0. The largest absolute Gasteiger partial charge is 0.497 e. The number of carbonyl (C=O) groups is 1. The Morgan fingerprint density at radius 3 is 2.58 bits per heavy atom. The number of aromatic nitrogens is 2. The molecule has 8 heteroatoms. The SMILES string of the molecule is COc1ccc(-n2c(SCC(=O)c3ccc(Br)cc3)nc3sc4c(c3c2=O)CCCC4)cc1. The molecule has 168 valence electrons. The van der Waals surface area contributed by atoms with Gasteiger partial charge < -0.3 is 4.74 Å². The molecule has 2 aromatic heterocycles.